The Morgan fingerprint density at radius 1 is 1.38 bits per heavy atom. The molecule has 1 aliphatic rings. The number of nitrogens with one attached hydrogen (secondary N) is 1. The summed E-state index contributed by atoms with van der Waals surface area (Å²) in [6.07, 6.45) is 4.53. The van der Waals surface area contributed by atoms with Crippen LogP contribution in [0.4, 0.5) is 0 Å². The summed E-state index contributed by atoms with van der Waals surface area (Å²) in [4.78, 5) is 8.30. The van der Waals surface area contributed by atoms with Crippen LogP contribution >= 0.6 is 11.8 Å². The molecule has 2 aromatic rings. The van der Waals surface area contributed by atoms with Crippen molar-refractivity contribution in [3.8, 4) is 0 Å². The van der Waals surface area contributed by atoms with E-state index >= 15 is 0 Å². The van der Waals surface area contributed by atoms with Gasteiger partial charge in [0.15, 0.2) is 5.65 Å². The molecule has 0 bridgehead atoms. The summed E-state index contributed by atoms with van der Waals surface area (Å²) in [7, 11) is 0. The van der Waals surface area contributed by atoms with Gasteiger partial charge in [0.05, 0.1) is 11.1 Å². The van der Waals surface area contributed by atoms with Crippen LogP contribution in [-0.2, 0) is 6.42 Å². The minimum absolute atomic E-state index is 0.760. The number of thioether (sulfide) groups is 1. The zero-order valence-corrected chi connectivity index (χ0v) is 7.51. The average Bonchev–Trinajstić information content (AvgIpc) is 2.44. The summed E-state index contributed by atoms with van der Waals surface area (Å²) in [5, 5.41) is 11.2. The van der Waals surface area contributed by atoms with Gasteiger partial charge in [-0.3, -0.25) is 5.10 Å². The number of aromatic amines is 1. The third-order valence-corrected chi connectivity index (χ3v) is 2.85. The fourth-order valence-corrected chi connectivity index (χ4v) is 2.16. The molecule has 0 saturated carbocycles. The number of allylic oxidation sites excluding steroid dienone is 1. The lowest BCUT2D eigenvalue weighted by Crippen LogP contribution is -1.84. The highest BCUT2D eigenvalue weighted by atomic mass is 32.2. The SMILES string of the molecule is C1=CSc2ncnc3n[nH]c(c23)C1. The summed E-state index contributed by atoms with van der Waals surface area (Å²) < 4.78 is 0. The average molecular weight is 190 g/mol. The Morgan fingerprint density at radius 3 is 3.38 bits per heavy atom. The second kappa shape index (κ2) is 2.56. The fourth-order valence-electron chi connectivity index (χ4n) is 1.40. The van der Waals surface area contributed by atoms with E-state index in [1.54, 1.807) is 18.1 Å². The second-order valence-electron chi connectivity index (χ2n) is 2.77. The number of aromatic nitrogens is 4. The molecule has 0 aromatic carbocycles. The van der Waals surface area contributed by atoms with E-state index in [2.05, 4.69) is 31.6 Å². The van der Waals surface area contributed by atoms with Crippen molar-refractivity contribution < 1.29 is 0 Å². The lowest BCUT2D eigenvalue weighted by atomic mass is 10.2. The maximum absolute atomic E-state index is 4.21. The molecule has 2 aromatic heterocycles. The third kappa shape index (κ3) is 0.968. The van der Waals surface area contributed by atoms with Crippen LogP contribution in [0, 0.1) is 0 Å². The molecule has 64 valence electrons. The smallest absolute Gasteiger partial charge is 0.185 e. The predicted molar refractivity (Wildman–Crippen MR) is 50.4 cm³/mol. The van der Waals surface area contributed by atoms with Gasteiger partial charge in [0.2, 0.25) is 0 Å². The monoisotopic (exact) mass is 190 g/mol. The topological polar surface area (TPSA) is 54.5 Å². The predicted octanol–water partition coefficient (Wildman–Crippen LogP) is 1.51. The van der Waals surface area contributed by atoms with E-state index in [1.165, 1.54) is 0 Å². The van der Waals surface area contributed by atoms with E-state index in [0.29, 0.717) is 0 Å². The first kappa shape index (κ1) is 7.08. The zero-order chi connectivity index (χ0) is 8.67. The molecule has 0 fully saturated rings. The lowest BCUT2D eigenvalue weighted by molar-refractivity contribution is 1.02. The second-order valence-corrected chi connectivity index (χ2v) is 3.67. The highest BCUT2D eigenvalue weighted by molar-refractivity contribution is 8.02. The van der Waals surface area contributed by atoms with Gasteiger partial charge in [0.25, 0.3) is 0 Å². The molecule has 0 unspecified atom stereocenters. The minimum atomic E-state index is 0.760. The summed E-state index contributed by atoms with van der Waals surface area (Å²) in [6, 6.07) is 0. The number of hydrogen-bond donors (Lipinski definition) is 1. The van der Waals surface area contributed by atoms with Crippen LogP contribution in [0.5, 0.6) is 0 Å². The van der Waals surface area contributed by atoms with Crippen molar-refractivity contribution in [1.82, 2.24) is 20.2 Å². The molecule has 0 amide bonds. The standard InChI is InChI=1S/C8H6N4S/c1-2-5-6-7(12-11-5)9-4-10-8(6)13-3-1/h1,3-4H,2H2,(H,9,10,11,12). The summed E-state index contributed by atoms with van der Waals surface area (Å²) >= 11 is 1.61. The van der Waals surface area contributed by atoms with Gasteiger partial charge in [0.1, 0.15) is 11.4 Å². The van der Waals surface area contributed by atoms with Gasteiger partial charge in [-0.15, -0.1) is 0 Å². The van der Waals surface area contributed by atoms with Crippen molar-refractivity contribution in [2.75, 3.05) is 0 Å². The zero-order valence-electron chi connectivity index (χ0n) is 6.69. The Bertz CT molecular complexity index is 488. The van der Waals surface area contributed by atoms with Crippen LogP contribution in [-0.4, -0.2) is 20.2 Å². The number of nitrogens with zero attached hydrogens (tertiary/aromatic N) is 3. The molecule has 0 saturated heterocycles. The van der Waals surface area contributed by atoms with Crippen LogP contribution in [0.3, 0.4) is 0 Å². The molecule has 3 heterocycles. The molecule has 0 radical (unpaired) electrons. The highest BCUT2D eigenvalue weighted by Gasteiger charge is 2.12. The Labute approximate surface area is 78.5 Å². The molecule has 0 atom stereocenters. The molecule has 1 aliphatic heterocycles. The maximum Gasteiger partial charge on any atom is 0.185 e. The minimum Gasteiger partial charge on any atom is -0.279 e. The largest absolute Gasteiger partial charge is 0.279 e. The molecule has 13 heavy (non-hydrogen) atoms. The van der Waals surface area contributed by atoms with E-state index in [0.717, 1.165) is 28.2 Å². The Morgan fingerprint density at radius 2 is 2.38 bits per heavy atom. The number of rotatable bonds is 0. The van der Waals surface area contributed by atoms with Gasteiger partial charge in [-0.2, -0.15) is 5.10 Å². The molecule has 0 aliphatic carbocycles. The fraction of sp³-hybridized carbons (Fsp3) is 0.125. The quantitative estimate of drug-likeness (QED) is 0.640. The van der Waals surface area contributed by atoms with E-state index in [9.17, 15) is 0 Å². The Kier molecular flexibility index (Phi) is 1.40. The van der Waals surface area contributed by atoms with Gasteiger partial charge >= 0.3 is 0 Å². The van der Waals surface area contributed by atoms with Gasteiger partial charge in [0, 0.05) is 6.42 Å². The third-order valence-electron chi connectivity index (χ3n) is 1.99. The summed E-state index contributed by atoms with van der Waals surface area (Å²) in [5.74, 6) is 0. The van der Waals surface area contributed by atoms with Gasteiger partial charge in [-0.05, 0) is 5.41 Å². The molecule has 5 heteroatoms. The van der Waals surface area contributed by atoms with Crippen molar-refractivity contribution >= 4 is 22.8 Å². The summed E-state index contributed by atoms with van der Waals surface area (Å²) in [6.45, 7) is 0. The van der Waals surface area contributed by atoms with Crippen LogP contribution in [0.1, 0.15) is 5.69 Å². The normalized spacial score (nSPS) is 14.8. The Balaban J connectivity index is 2.45. The number of H-pyrrole nitrogens is 1. The number of hydrogen-bond acceptors (Lipinski definition) is 4. The van der Waals surface area contributed by atoms with Crippen molar-refractivity contribution in [2.45, 2.75) is 11.4 Å². The van der Waals surface area contributed by atoms with Gasteiger partial charge in [-0.1, -0.05) is 17.8 Å². The lowest BCUT2D eigenvalue weighted by Gasteiger charge is -1.94. The molecular weight excluding hydrogens is 184 g/mol. The molecule has 4 nitrogen and oxygen atoms in total. The van der Waals surface area contributed by atoms with Crippen molar-refractivity contribution in [2.24, 2.45) is 0 Å². The van der Waals surface area contributed by atoms with Crippen molar-refractivity contribution in [1.29, 1.82) is 0 Å². The van der Waals surface area contributed by atoms with Crippen LogP contribution < -0.4 is 0 Å². The van der Waals surface area contributed by atoms with Gasteiger partial charge in [-0.25, -0.2) is 9.97 Å². The van der Waals surface area contributed by atoms with Crippen LogP contribution in [0.2, 0.25) is 0 Å². The first-order valence-corrected chi connectivity index (χ1v) is 4.83. The maximum atomic E-state index is 4.21. The van der Waals surface area contributed by atoms with Crippen LogP contribution in [0.15, 0.2) is 22.8 Å². The van der Waals surface area contributed by atoms with E-state index in [-0.39, 0.29) is 0 Å². The van der Waals surface area contributed by atoms with E-state index in [1.807, 2.05) is 0 Å². The van der Waals surface area contributed by atoms with Gasteiger partial charge < -0.3 is 0 Å². The first-order chi connectivity index (χ1) is 6.45. The Hall–Kier alpha value is -1.36. The molecule has 0 spiro atoms. The van der Waals surface area contributed by atoms with Crippen LogP contribution in [0.25, 0.3) is 11.0 Å². The molecule has 1 N–H and O–H groups in total. The first-order valence-electron chi connectivity index (χ1n) is 3.95. The summed E-state index contributed by atoms with van der Waals surface area (Å²) in [5.41, 5.74) is 1.86. The molecule has 3 rings (SSSR count). The molecular formula is C8H6N4S. The van der Waals surface area contributed by atoms with E-state index in [4.69, 9.17) is 0 Å². The van der Waals surface area contributed by atoms with Crippen molar-refractivity contribution in [3.63, 3.8) is 0 Å². The van der Waals surface area contributed by atoms with E-state index < -0.39 is 0 Å². The highest BCUT2D eigenvalue weighted by Crippen LogP contribution is 2.29. The van der Waals surface area contributed by atoms with Crippen molar-refractivity contribution in [3.05, 3.63) is 23.5 Å².